The highest BCUT2D eigenvalue weighted by atomic mass is 16.5. The summed E-state index contributed by atoms with van der Waals surface area (Å²) in [5.74, 6) is 0.632. The molecule has 2 aliphatic heterocycles. The third kappa shape index (κ3) is 3.95. The van der Waals surface area contributed by atoms with E-state index in [1.807, 2.05) is 30.3 Å². The van der Waals surface area contributed by atoms with Gasteiger partial charge in [0.05, 0.1) is 18.1 Å². The maximum absolute atomic E-state index is 12.4. The Kier molecular flexibility index (Phi) is 4.61. The summed E-state index contributed by atoms with van der Waals surface area (Å²) >= 11 is 0. The Bertz CT molecular complexity index is 632. The molecule has 1 saturated carbocycles. The van der Waals surface area contributed by atoms with Crippen LogP contribution in [-0.4, -0.2) is 48.7 Å². The number of benzene rings is 1. The molecule has 2 N–H and O–H groups in total. The lowest BCUT2D eigenvalue weighted by Crippen LogP contribution is -2.51. The minimum atomic E-state index is -0.180. The molecule has 1 aliphatic carbocycles. The zero-order valence-electron chi connectivity index (χ0n) is 14.3. The van der Waals surface area contributed by atoms with Gasteiger partial charge >= 0.3 is 6.03 Å². The number of fused-ring (bicyclic) bond motifs is 2. The first kappa shape index (κ1) is 16.4. The molecular weight excluding hydrogens is 318 g/mol. The minimum absolute atomic E-state index is 0.0297. The van der Waals surface area contributed by atoms with E-state index in [1.54, 1.807) is 4.90 Å². The van der Waals surface area contributed by atoms with Gasteiger partial charge in [-0.15, -0.1) is 0 Å². The lowest BCUT2D eigenvalue weighted by Gasteiger charge is -2.32. The van der Waals surface area contributed by atoms with Crippen LogP contribution in [0.15, 0.2) is 30.3 Å². The molecule has 25 heavy (non-hydrogen) atoms. The van der Waals surface area contributed by atoms with Gasteiger partial charge in [-0.25, -0.2) is 4.79 Å². The van der Waals surface area contributed by atoms with Gasteiger partial charge in [-0.1, -0.05) is 30.3 Å². The normalized spacial score (nSPS) is 27.8. The highest BCUT2D eigenvalue weighted by Gasteiger charge is 2.45. The molecular formula is C19H25N3O3. The van der Waals surface area contributed by atoms with E-state index >= 15 is 0 Å². The standard InChI is InChI=1S/C19H25N3O3/c23-18(20-9-14-6-7-14)16-8-15-11-22(12-17(16)25-15)19(24)21-10-13-4-2-1-3-5-13/h1-5,14-17H,6-12H2,(H,20,23)(H,21,24)/t15-,16+,17-/m1/s1. The maximum Gasteiger partial charge on any atom is 0.317 e. The zero-order valence-corrected chi connectivity index (χ0v) is 14.3. The van der Waals surface area contributed by atoms with Gasteiger partial charge in [0, 0.05) is 26.2 Å². The summed E-state index contributed by atoms with van der Waals surface area (Å²) in [4.78, 5) is 26.6. The van der Waals surface area contributed by atoms with Gasteiger partial charge in [-0.05, 0) is 30.7 Å². The molecule has 134 valence electrons. The van der Waals surface area contributed by atoms with E-state index in [0.717, 1.165) is 12.1 Å². The van der Waals surface area contributed by atoms with Crippen molar-refractivity contribution in [2.75, 3.05) is 19.6 Å². The highest BCUT2D eigenvalue weighted by molar-refractivity contribution is 5.80. The molecule has 6 nitrogen and oxygen atoms in total. The van der Waals surface area contributed by atoms with Crippen LogP contribution < -0.4 is 10.6 Å². The fourth-order valence-electron chi connectivity index (χ4n) is 3.68. The van der Waals surface area contributed by atoms with Crippen molar-refractivity contribution in [3.8, 4) is 0 Å². The number of likely N-dealkylation sites (tertiary alicyclic amines) is 1. The summed E-state index contributed by atoms with van der Waals surface area (Å²) in [6.45, 7) is 2.34. The van der Waals surface area contributed by atoms with Crippen LogP contribution >= 0.6 is 0 Å². The van der Waals surface area contributed by atoms with Crippen LogP contribution in [0.2, 0.25) is 0 Å². The van der Waals surface area contributed by atoms with E-state index in [-0.39, 0.29) is 30.1 Å². The van der Waals surface area contributed by atoms with E-state index in [0.29, 0.717) is 32.0 Å². The predicted octanol–water partition coefficient (Wildman–Crippen LogP) is 1.51. The number of urea groups is 1. The fourth-order valence-corrected chi connectivity index (χ4v) is 3.68. The average Bonchev–Trinajstić information content (AvgIpc) is 3.42. The number of ether oxygens (including phenoxy) is 1. The second-order valence-corrected chi connectivity index (χ2v) is 7.38. The number of rotatable bonds is 5. The minimum Gasteiger partial charge on any atom is -0.370 e. The Balaban J connectivity index is 1.28. The number of carbonyl (C=O) groups is 2. The molecule has 2 bridgehead atoms. The average molecular weight is 343 g/mol. The first-order valence-corrected chi connectivity index (χ1v) is 9.19. The summed E-state index contributed by atoms with van der Waals surface area (Å²) in [6, 6.07) is 9.77. The van der Waals surface area contributed by atoms with E-state index in [9.17, 15) is 9.59 Å². The van der Waals surface area contributed by atoms with Gasteiger partial charge in [0.25, 0.3) is 0 Å². The fraction of sp³-hybridized carbons (Fsp3) is 0.579. The second kappa shape index (κ2) is 7.04. The molecule has 0 spiro atoms. The first-order chi connectivity index (χ1) is 12.2. The Morgan fingerprint density at radius 3 is 2.68 bits per heavy atom. The van der Waals surface area contributed by atoms with Crippen molar-refractivity contribution >= 4 is 11.9 Å². The summed E-state index contributed by atoms with van der Waals surface area (Å²) in [6.07, 6.45) is 2.95. The van der Waals surface area contributed by atoms with Crippen molar-refractivity contribution in [2.24, 2.45) is 11.8 Å². The van der Waals surface area contributed by atoms with Gasteiger partial charge in [0.1, 0.15) is 0 Å². The largest absolute Gasteiger partial charge is 0.370 e. The SMILES string of the molecule is O=C(NCC1CC1)[C@H]1C[C@@H]2CN(C(=O)NCc3ccccc3)C[C@H]1O2. The van der Waals surface area contributed by atoms with Gasteiger partial charge in [-0.3, -0.25) is 4.79 Å². The van der Waals surface area contributed by atoms with E-state index in [4.69, 9.17) is 4.74 Å². The van der Waals surface area contributed by atoms with Gasteiger partial charge in [0.15, 0.2) is 0 Å². The molecule has 3 fully saturated rings. The highest BCUT2D eigenvalue weighted by Crippen LogP contribution is 2.33. The summed E-state index contributed by atoms with van der Waals surface area (Å²) in [5, 5.41) is 6.01. The number of hydrogen-bond acceptors (Lipinski definition) is 3. The molecule has 4 rings (SSSR count). The number of nitrogens with one attached hydrogen (secondary N) is 2. The molecule has 2 heterocycles. The van der Waals surface area contributed by atoms with Gasteiger partial charge in [-0.2, -0.15) is 0 Å². The van der Waals surface area contributed by atoms with Crippen LogP contribution in [0.5, 0.6) is 0 Å². The molecule has 2 saturated heterocycles. The summed E-state index contributed by atoms with van der Waals surface area (Å²) in [7, 11) is 0. The number of carbonyl (C=O) groups excluding carboxylic acids is 2. The molecule has 3 aliphatic rings. The quantitative estimate of drug-likeness (QED) is 0.851. The molecule has 1 aromatic rings. The van der Waals surface area contributed by atoms with E-state index in [2.05, 4.69) is 10.6 Å². The lowest BCUT2D eigenvalue weighted by molar-refractivity contribution is -0.127. The molecule has 1 aromatic carbocycles. The number of hydrogen-bond donors (Lipinski definition) is 2. The van der Waals surface area contributed by atoms with Crippen LogP contribution in [0, 0.1) is 11.8 Å². The topological polar surface area (TPSA) is 70.7 Å². The maximum atomic E-state index is 12.4. The molecule has 0 radical (unpaired) electrons. The Morgan fingerprint density at radius 1 is 1.12 bits per heavy atom. The van der Waals surface area contributed by atoms with Crippen molar-refractivity contribution in [2.45, 2.75) is 38.0 Å². The van der Waals surface area contributed by atoms with Gasteiger partial charge < -0.3 is 20.3 Å². The Hall–Kier alpha value is -2.08. The zero-order chi connectivity index (χ0) is 17.2. The van der Waals surface area contributed by atoms with Crippen LogP contribution in [-0.2, 0) is 16.1 Å². The number of amides is 3. The number of morpholine rings is 1. The molecule has 3 amide bonds. The molecule has 0 aromatic heterocycles. The number of nitrogens with zero attached hydrogens (tertiary/aromatic N) is 1. The smallest absolute Gasteiger partial charge is 0.317 e. The molecule has 0 unspecified atom stereocenters. The van der Waals surface area contributed by atoms with E-state index in [1.165, 1.54) is 12.8 Å². The molecule has 3 atom stereocenters. The monoisotopic (exact) mass is 343 g/mol. The third-order valence-electron chi connectivity index (χ3n) is 5.33. The summed E-state index contributed by atoms with van der Waals surface area (Å²) in [5.41, 5.74) is 1.07. The second-order valence-electron chi connectivity index (χ2n) is 7.38. The molecule has 6 heteroatoms. The Morgan fingerprint density at radius 2 is 1.92 bits per heavy atom. The van der Waals surface area contributed by atoms with Gasteiger partial charge in [0.2, 0.25) is 5.91 Å². The third-order valence-corrected chi connectivity index (χ3v) is 5.33. The van der Waals surface area contributed by atoms with Crippen LogP contribution in [0.4, 0.5) is 4.79 Å². The van der Waals surface area contributed by atoms with Crippen molar-refractivity contribution in [1.29, 1.82) is 0 Å². The van der Waals surface area contributed by atoms with E-state index < -0.39 is 0 Å². The Labute approximate surface area is 147 Å². The summed E-state index contributed by atoms with van der Waals surface area (Å²) < 4.78 is 5.91. The van der Waals surface area contributed by atoms with Crippen molar-refractivity contribution < 1.29 is 14.3 Å². The van der Waals surface area contributed by atoms with Crippen LogP contribution in [0.25, 0.3) is 0 Å². The first-order valence-electron chi connectivity index (χ1n) is 9.19. The van der Waals surface area contributed by atoms with Crippen molar-refractivity contribution in [1.82, 2.24) is 15.5 Å². The van der Waals surface area contributed by atoms with Crippen LogP contribution in [0.3, 0.4) is 0 Å². The lowest BCUT2D eigenvalue weighted by atomic mass is 9.99. The predicted molar refractivity (Wildman–Crippen MR) is 92.8 cm³/mol. The van der Waals surface area contributed by atoms with Crippen molar-refractivity contribution in [3.05, 3.63) is 35.9 Å². The van der Waals surface area contributed by atoms with Crippen molar-refractivity contribution in [3.63, 3.8) is 0 Å². The van der Waals surface area contributed by atoms with Crippen LogP contribution in [0.1, 0.15) is 24.8 Å².